The van der Waals surface area contributed by atoms with E-state index in [4.69, 9.17) is 10.5 Å². The number of nitrogens with zero attached hydrogens (tertiary/aromatic N) is 6. The van der Waals surface area contributed by atoms with E-state index in [9.17, 15) is 19.5 Å². The highest BCUT2D eigenvalue weighted by atomic mass is 16.5. The highest BCUT2D eigenvalue weighted by molar-refractivity contribution is 6.04. The van der Waals surface area contributed by atoms with E-state index in [0.29, 0.717) is 41.1 Å². The molecule has 4 heterocycles. The van der Waals surface area contributed by atoms with E-state index in [2.05, 4.69) is 20.4 Å². The second-order valence-electron chi connectivity index (χ2n) is 9.27. The largest absolute Gasteiger partial charge is 0.489 e. The Balaban J connectivity index is 1.48. The Bertz CT molecular complexity index is 1560. The number of imidazole rings is 1. The molecule has 0 aliphatic carbocycles. The van der Waals surface area contributed by atoms with Crippen LogP contribution in [0.3, 0.4) is 0 Å². The van der Waals surface area contributed by atoms with Crippen LogP contribution in [0.15, 0.2) is 42.7 Å². The fraction of sp³-hybridized carbons (Fsp3) is 0.308. The summed E-state index contributed by atoms with van der Waals surface area (Å²) in [6, 6.07) is 8.00. The third-order valence-corrected chi connectivity index (χ3v) is 6.59. The van der Waals surface area contributed by atoms with Crippen LogP contribution in [0.4, 0.5) is 10.7 Å². The van der Waals surface area contributed by atoms with Crippen LogP contribution in [0.5, 0.6) is 5.75 Å². The summed E-state index contributed by atoms with van der Waals surface area (Å²) in [7, 11) is 0. The van der Waals surface area contributed by atoms with E-state index in [-0.39, 0.29) is 37.3 Å². The number of pyridine rings is 1. The average molecular weight is 533 g/mol. The molecule has 1 aliphatic heterocycles. The number of anilines is 1. The molecule has 0 unspecified atom stereocenters. The van der Waals surface area contributed by atoms with E-state index in [1.54, 1.807) is 48.3 Å². The topological polar surface area (TPSA) is 170 Å². The second kappa shape index (κ2) is 10.4. The minimum absolute atomic E-state index is 0.176. The summed E-state index contributed by atoms with van der Waals surface area (Å²) in [5, 5.41) is 17.0. The summed E-state index contributed by atoms with van der Waals surface area (Å²) in [6.07, 6.45) is 2.57. The summed E-state index contributed by atoms with van der Waals surface area (Å²) in [5.41, 5.74) is 8.60. The second-order valence-corrected chi connectivity index (χ2v) is 9.27. The monoisotopic (exact) mass is 532 g/mol. The number of carboxylic acid groups (broad SMARTS) is 1. The fourth-order valence-corrected chi connectivity index (χ4v) is 4.76. The van der Waals surface area contributed by atoms with Crippen LogP contribution >= 0.6 is 0 Å². The minimum Gasteiger partial charge on any atom is -0.489 e. The Hall–Kier alpha value is -4.94. The summed E-state index contributed by atoms with van der Waals surface area (Å²) in [4.78, 5) is 47.1. The molecule has 1 aliphatic rings. The highest BCUT2D eigenvalue weighted by Gasteiger charge is 2.30. The van der Waals surface area contributed by atoms with E-state index in [1.165, 1.54) is 4.90 Å². The zero-order valence-electron chi connectivity index (χ0n) is 21.5. The van der Waals surface area contributed by atoms with E-state index in [1.807, 2.05) is 17.6 Å². The van der Waals surface area contributed by atoms with E-state index in [0.717, 1.165) is 5.56 Å². The molecule has 3 aromatic heterocycles. The lowest BCUT2D eigenvalue weighted by Gasteiger charge is -2.29. The van der Waals surface area contributed by atoms with Gasteiger partial charge in [-0.15, -0.1) is 0 Å². The first kappa shape index (κ1) is 25.7. The molecule has 0 fully saturated rings. The van der Waals surface area contributed by atoms with E-state index < -0.39 is 17.9 Å². The number of hydrogen-bond donors (Lipinski definition) is 3. The predicted molar refractivity (Wildman–Crippen MR) is 141 cm³/mol. The van der Waals surface area contributed by atoms with Crippen LogP contribution < -0.4 is 15.8 Å². The number of primary amides is 1. The Morgan fingerprint density at radius 3 is 2.79 bits per heavy atom. The standard InChI is InChI=1S/C26H28N8O5/c1-3-33-20(9-15(2)31-33)24(36)30-25-29-19-10-17(23(27)35)11-21-22(19)34(25)18(14-39-21)6-8-32(26(37)38)13-16-5-4-7-28-12-16/h4-5,7,9-12,18H,3,6,8,13-14H2,1-2H3,(H2,27,35)(H,37,38)(H,29,30,36)/t18-/m0/s1. The van der Waals surface area contributed by atoms with Crippen molar-refractivity contribution in [3.05, 3.63) is 65.2 Å². The first-order valence-electron chi connectivity index (χ1n) is 12.5. The summed E-state index contributed by atoms with van der Waals surface area (Å²) in [6.45, 7) is 4.76. The lowest BCUT2D eigenvalue weighted by Crippen LogP contribution is -2.33. The molecular formula is C26H28N8O5. The predicted octanol–water partition coefficient (Wildman–Crippen LogP) is 2.81. The molecule has 1 aromatic carbocycles. The molecule has 4 aromatic rings. The van der Waals surface area contributed by atoms with Crippen LogP contribution in [-0.2, 0) is 13.1 Å². The Morgan fingerprint density at radius 2 is 2.10 bits per heavy atom. The molecule has 3 amide bonds. The number of amides is 3. The molecule has 0 bridgehead atoms. The van der Waals surface area contributed by atoms with Gasteiger partial charge in [0, 0.05) is 31.0 Å². The van der Waals surface area contributed by atoms with Crippen LogP contribution in [-0.4, -0.2) is 65.4 Å². The zero-order chi connectivity index (χ0) is 27.7. The lowest BCUT2D eigenvalue weighted by atomic mass is 10.1. The maximum absolute atomic E-state index is 13.3. The Kier molecular flexibility index (Phi) is 6.88. The van der Waals surface area contributed by atoms with Gasteiger partial charge in [0.25, 0.3) is 5.91 Å². The van der Waals surface area contributed by atoms with Gasteiger partial charge < -0.3 is 25.0 Å². The molecule has 0 radical (unpaired) electrons. The Morgan fingerprint density at radius 1 is 1.28 bits per heavy atom. The first-order chi connectivity index (χ1) is 18.7. The fourth-order valence-electron chi connectivity index (χ4n) is 4.76. The van der Waals surface area contributed by atoms with Gasteiger partial charge in [0.15, 0.2) is 0 Å². The Labute approximate surface area is 223 Å². The van der Waals surface area contributed by atoms with Crippen molar-refractivity contribution < 1.29 is 24.2 Å². The number of rotatable bonds is 9. The van der Waals surface area contributed by atoms with Crippen molar-refractivity contribution in [3.63, 3.8) is 0 Å². The molecule has 13 nitrogen and oxygen atoms in total. The molecule has 0 saturated heterocycles. The highest BCUT2D eigenvalue weighted by Crippen LogP contribution is 2.38. The smallest absolute Gasteiger partial charge is 0.407 e. The van der Waals surface area contributed by atoms with Gasteiger partial charge in [-0.2, -0.15) is 5.10 Å². The van der Waals surface area contributed by atoms with Gasteiger partial charge in [-0.25, -0.2) is 9.78 Å². The molecule has 39 heavy (non-hydrogen) atoms. The first-order valence-corrected chi connectivity index (χ1v) is 12.5. The lowest BCUT2D eigenvalue weighted by molar-refractivity contribution is 0.0995. The number of benzene rings is 1. The molecule has 202 valence electrons. The number of nitrogens with two attached hydrogens (primary N) is 1. The molecular weight excluding hydrogens is 504 g/mol. The van der Waals surface area contributed by atoms with Crippen molar-refractivity contribution in [1.29, 1.82) is 0 Å². The van der Waals surface area contributed by atoms with Crippen molar-refractivity contribution in [1.82, 2.24) is 29.2 Å². The van der Waals surface area contributed by atoms with Crippen molar-refractivity contribution in [2.45, 2.75) is 39.4 Å². The van der Waals surface area contributed by atoms with Crippen LogP contribution in [0.25, 0.3) is 11.0 Å². The molecule has 13 heteroatoms. The maximum atomic E-state index is 13.3. The number of aromatic nitrogens is 5. The number of ether oxygens (including phenoxy) is 1. The van der Waals surface area contributed by atoms with E-state index >= 15 is 0 Å². The van der Waals surface area contributed by atoms with Gasteiger partial charge in [0.1, 0.15) is 23.6 Å². The average Bonchev–Trinajstić information content (AvgIpc) is 3.48. The molecule has 1 atom stereocenters. The third kappa shape index (κ3) is 5.10. The quantitative estimate of drug-likeness (QED) is 0.295. The summed E-state index contributed by atoms with van der Waals surface area (Å²) >= 11 is 0. The number of carbonyl (C=O) groups is 3. The van der Waals surface area contributed by atoms with Gasteiger partial charge in [0.2, 0.25) is 11.9 Å². The SMILES string of the molecule is CCn1nc(C)cc1C(=O)Nc1nc2cc(C(N)=O)cc3c2n1[C@@H](CCN(Cc1cccnc1)C(=O)O)CO3. The molecule has 0 spiro atoms. The van der Waals surface area contributed by atoms with Crippen molar-refractivity contribution in [3.8, 4) is 5.75 Å². The molecule has 4 N–H and O–H groups in total. The third-order valence-electron chi connectivity index (χ3n) is 6.59. The maximum Gasteiger partial charge on any atom is 0.407 e. The number of hydrogen-bond acceptors (Lipinski definition) is 7. The number of carbonyl (C=O) groups excluding carboxylic acids is 2. The van der Waals surface area contributed by atoms with Gasteiger partial charge in [-0.3, -0.25) is 24.6 Å². The van der Waals surface area contributed by atoms with Crippen LogP contribution in [0, 0.1) is 6.92 Å². The van der Waals surface area contributed by atoms with Crippen molar-refractivity contribution >= 4 is 34.9 Å². The minimum atomic E-state index is -1.06. The van der Waals surface area contributed by atoms with Gasteiger partial charge in [-0.1, -0.05) is 6.07 Å². The zero-order valence-corrected chi connectivity index (χ0v) is 21.5. The van der Waals surface area contributed by atoms with Gasteiger partial charge >= 0.3 is 6.09 Å². The normalized spacial score (nSPS) is 14.2. The summed E-state index contributed by atoms with van der Waals surface area (Å²) < 4.78 is 9.42. The molecule has 0 saturated carbocycles. The van der Waals surface area contributed by atoms with Crippen LogP contribution in [0.1, 0.15) is 51.5 Å². The molecule has 5 rings (SSSR count). The summed E-state index contributed by atoms with van der Waals surface area (Å²) in [5.74, 6) is -0.365. The van der Waals surface area contributed by atoms with Crippen molar-refractivity contribution in [2.75, 3.05) is 18.5 Å². The van der Waals surface area contributed by atoms with Crippen LogP contribution in [0.2, 0.25) is 0 Å². The van der Waals surface area contributed by atoms with Gasteiger partial charge in [-0.05, 0) is 50.1 Å². The van der Waals surface area contributed by atoms with Crippen molar-refractivity contribution in [2.24, 2.45) is 5.73 Å². The van der Waals surface area contributed by atoms with Gasteiger partial charge in [0.05, 0.1) is 23.8 Å². The number of nitrogens with one attached hydrogen (secondary N) is 1. The number of aryl methyl sites for hydroxylation is 2.